The molecule has 7 heteroatoms. The summed E-state index contributed by atoms with van der Waals surface area (Å²) in [5, 5.41) is 0. The third kappa shape index (κ3) is 3.86. The van der Waals surface area contributed by atoms with Crippen LogP contribution in [0.5, 0.6) is 5.75 Å². The second-order valence-electron chi connectivity index (χ2n) is 5.30. The molecular weight excluding hydrogens is 322 g/mol. The predicted molar refractivity (Wildman–Crippen MR) is 76.1 cm³/mol. The Morgan fingerprint density at radius 3 is 2.33 bits per heavy atom. The largest absolute Gasteiger partial charge is 0.487 e. The number of ether oxygens (including phenoxy) is 1. The van der Waals surface area contributed by atoms with E-state index in [4.69, 9.17) is 15.4 Å². The molecule has 0 radical (unpaired) electrons. The highest BCUT2D eigenvalue weighted by Gasteiger charge is 2.26. The second kappa shape index (κ2) is 6.48. The van der Waals surface area contributed by atoms with E-state index in [1.165, 1.54) is 0 Å². The Labute approximate surface area is 127 Å². The maximum absolute atomic E-state index is 13.9. The monoisotopic (exact) mass is 338 g/mol. The minimum atomic E-state index is -4.31. The van der Waals surface area contributed by atoms with E-state index in [-0.39, 0.29) is 11.9 Å². The van der Waals surface area contributed by atoms with Gasteiger partial charge in [-0.2, -0.15) is 4.39 Å². The molecule has 0 bridgehead atoms. The van der Waals surface area contributed by atoms with E-state index >= 15 is 0 Å². The summed E-state index contributed by atoms with van der Waals surface area (Å²) in [7, 11) is 0.722. The van der Waals surface area contributed by atoms with Gasteiger partial charge in [-0.15, -0.1) is 0 Å². The van der Waals surface area contributed by atoms with Crippen molar-refractivity contribution in [1.82, 2.24) is 0 Å². The average molecular weight is 339 g/mol. The molecule has 21 heavy (non-hydrogen) atoms. The van der Waals surface area contributed by atoms with E-state index in [0.29, 0.717) is 5.92 Å². The molecule has 2 rings (SSSR count). The minimum Gasteiger partial charge on any atom is -0.487 e. The molecule has 0 N–H and O–H groups in total. The molecule has 1 aliphatic carbocycles. The molecule has 0 atom stereocenters. The molecule has 1 aromatic rings. The van der Waals surface area contributed by atoms with Crippen molar-refractivity contribution in [3.05, 3.63) is 23.8 Å². The smallest absolute Gasteiger partial charge is 0.264 e. The molecule has 0 unspecified atom stereocenters. The zero-order valence-corrected chi connectivity index (χ0v) is 13.2. The molecule has 1 aliphatic rings. The van der Waals surface area contributed by atoms with Crippen LogP contribution in [0.3, 0.4) is 0 Å². The lowest BCUT2D eigenvalue weighted by Gasteiger charge is -2.28. The van der Waals surface area contributed by atoms with E-state index in [1.807, 2.05) is 0 Å². The SMILES string of the molecule is CCC1CCC(Oc2ccc(S(=O)(=O)Cl)c(F)c2F)CC1. The van der Waals surface area contributed by atoms with Gasteiger partial charge in [0.15, 0.2) is 11.6 Å². The van der Waals surface area contributed by atoms with Gasteiger partial charge in [0.25, 0.3) is 9.05 Å². The van der Waals surface area contributed by atoms with Crippen molar-refractivity contribution in [2.24, 2.45) is 5.92 Å². The van der Waals surface area contributed by atoms with Crippen molar-refractivity contribution in [2.45, 2.75) is 50.0 Å². The molecule has 0 aromatic heterocycles. The Kier molecular flexibility index (Phi) is 5.09. The summed E-state index contributed by atoms with van der Waals surface area (Å²) >= 11 is 0. The van der Waals surface area contributed by atoms with Gasteiger partial charge in [0.2, 0.25) is 5.82 Å². The molecule has 0 aliphatic heterocycles. The van der Waals surface area contributed by atoms with Crippen molar-refractivity contribution in [1.29, 1.82) is 0 Å². The summed E-state index contributed by atoms with van der Waals surface area (Å²) in [5.41, 5.74) is 0. The van der Waals surface area contributed by atoms with Crippen LogP contribution >= 0.6 is 10.7 Å². The summed E-state index contributed by atoms with van der Waals surface area (Å²) in [6.07, 6.45) is 4.52. The Balaban J connectivity index is 2.14. The van der Waals surface area contributed by atoms with E-state index < -0.39 is 25.6 Å². The summed E-state index contributed by atoms with van der Waals surface area (Å²) in [5.74, 6) is -2.41. The van der Waals surface area contributed by atoms with Crippen molar-refractivity contribution in [3.63, 3.8) is 0 Å². The Morgan fingerprint density at radius 1 is 1.19 bits per heavy atom. The summed E-state index contributed by atoms with van der Waals surface area (Å²) in [6, 6.07) is 2.04. The van der Waals surface area contributed by atoms with E-state index in [1.54, 1.807) is 0 Å². The highest BCUT2D eigenvalue weighted by Crippen LogP contribution is 2.32. The molecule has 1 aromatic carbocycles. The Bertz CT molecular complexity index is 611. The van der Waals surface area contributed by atoms with Crippen LogP contribution < -0.4 is 4.74 Å². The van der Waals surface area contributed by atoms with Crippen LogP contribution in [0.15, 0.2) is 17.0 Å². The molecule has 0 heterocycles. The first kappa shape index (κ1) is 16.5. The molecule has 0 spiro atoms. The Hall–Kier alpha value is -0.880. The second-order valence-corrected chi connectivity index (χ2v) is 7.83. The van der Waals surface area contributed by atoms with Gasteiger partial charge < -0.3 is 4.74 Å². The highest BCUT2D eigenvalue weighted by molar-refractivity contribution is 8.13. The maximum atomic E-state index is 13.9. The fraction of sp³-hybridized carbons (Fsp3) is 0.571. The van der Waals surface area contributed by atoms with Gasteiger partial charge in [-0.25, -0.2) is 12.8 Å². The van der Waals surface area contributed by atoms with Crippen molar-refractivity contribution in [2.75, 3.05) is 0 Å². The van der Waals surface area contributed by atoms with Crippen LogP contribution in [-0.4, -0.2) is 14.5 Å². The van der Waals surface area contributed by atoms with E-state index in [0.717, 1.165) is 44.2 Å². The standard InChI is InChI=1S/C14H17ClF2O3S/c1-2-9-3-5-10(6-4-9)20-11-7-8-12(21(15,18)19)14(17)13(11)16/h7-10H,2-6H2,1H3. The van der Waals surface area contributed by atoms with Gasteiger partial charge in [-0.05, 0) is 43.7 Å². The molecule has 118 valence electrons. The third-order valence-electron chi connectivity index (χ3n) is 3.94. The average Bonchev–Trinajstić information content (AvgIpc) is 2.43. The lowest BCUT2D eigenvalue weighted by Crippen LogP contribution is -2.24. The summed E-state index contributed by atoms with van der Waals surface area (Å²) < 4.78 is 55.2. The van der Waals surface area contributed by atoms with Gasteiger partial charge in [-0.1, -0.05) is 13.3 Å². The molecular formula is C14H17ClF2O3S. The van der Waals surface area contributed by atoms with Gasteiger partial charge in [0.1, 0.15) is 4.90 Å². The molecule has 1 fully saturated rings. The van der Waals surface area contributed by atoms with Crippen LogP contribution in [0, 0.1) is 17.6 Å². The van der Waals surface area contributed by atoms with Crippen molar-refractivity contribution in [3.8, 4) is 5.75 Å². The van der Waals surface area contributed by atoms with E-state index in [9.17, 15) is 17.2 Å². The van der Waals surface area contributed by atoms with Crippen LogP contribution in [-0.2, 0) is 9.05 Å². The quantitative estimate of drug-likeness (QED) is 0.771. The Morgan fingerprint density at radius 2 is 1.81 bits per heavy atom. The third-order valence-corrected chi connectivity index (χ3v) is 5.28. The van der Waals surface area contributed by atoms with Gasteiger partial charge in [0.05, 0.1) is 6.10 Å². The van der Waals surface area contributed by atoms with Crippen LogP contribution in [0.25, 0.3) is 0 Å². The highest BCUT2D eigenvalue weighted by atomic mass is 35.7. The molecule has 0 amide bonds. The van der Waals surface area contributed by atoms with Crippen LogP contribution in [0.1, 0.15) is 39.0 Å². The van der Waals surface area contributed by atoms with Crippen molar-refractivity contribution < 1.29 is 21.9 Å². The molecule has 3 nitrogen and oxygen atoms in total. The normalized spacial score (nSPS) is 23.0. The maximum Gasteiger partial charge on any atom is 0.264 e. The number of hydrogen-bond acceptors (Lipinski definition) is 3. The number of halogens is 3. The van der Waals surface area contributed by atoms with Crippen LogP contribution in [0.2, 0.25) is 0 Å². The van der Waals surface area contributed by atoms with Crippen molar-refractivity contribution >= 4 is 19.7 Å². The lowest BCUT2D eigenvalue weighted by molar-refractivity contribution is 0.123. The number of benzene rings is 1. The predicted octanol–water partition coefficient (Wildman–Crippen LogP) is 4.24. The first-order valence-electron chi connectivity index (χ1n) is 6.92. The zero-order chi connectivity index (χ0) is 15.6. The fourth-order valence-electron chi connectivity index (χ4n) is 2.63. The van der Waals surface area contributed by atoms with Crippen LogP contribution in [0.4, 0.5) is 8.78 Å². The number of hydrogen-bond donors (Lipinski definition) is 0. The van der Waals surface area contributed by atoms with Gasteiger partial charge in [0, 0.05) is 10.7 Å². The lowest BCUT2D eigenvalue weighted by atomic mass is 9.86. The summed E-state index contributed by atoms with van der Waals surface area (Å²) in [6.45, 7) is 2.13. The first-order valence-corrected chi connectivity index (χ1v) is 9.23. The molecule has 0 saturated heterocycles. The van der Waals surface area contributed by atoms with Gasteiger partial charge in [-0.3, -0.25) is 0 Å². The summed E-state index contributed by atoms with van der Waals surface area (Å²) in [4.78, 5) is -0.872. The van der Waals surface area contributed by atoms with E-state index in [2.05, 4.69) is 6.92 Å². The fourth-order valence-corrected chi connectivity index (χ4v) is 3.52. The number of rotatable bonds is 4. The molecule has 1 saturated carbocycles. The zero-order valence-electron chi connectivity index (χ0n) is 11.6. The minimum absolute atomic E-state index is 0.167. The van der Waals surface area contributed by atoms with Gasteiger partial charge >= 0.3 is 0 Å². The topological polar surface area (TPSA) is 43.4 Å². The first-order chi connectivity index (χ1) is 9.82.